The zero-order valence-electron chi connectivity index (χ0n) is 19.0. The Bertz CT molecular complexity index is 1090. The highest BCUT2D eigenvalue weighted by Crippen LogP contribution is 2.28. The number of nitrogens with zero attached hydrogens (tertiary/aromatic N) is 2. The highest BCUT2D eigenvalue weighted by Gasteiger charge is 2.29. The summed E-state index contributed by atoms with van der Waals surface area (Å²) in [5, 5.41) is 11.7. The van der Waals surface area contributed by atoms with Gasteiger partial charge < -0.3 is 20.1 Å². The number of carbonyl (C=O) groups excluding carboxylic acids is 2. The van der Waals surface area contributed by atoms with E-state index in [1.165, 1.54) is 0 Å². The number of carboxylic acids is 1. The van der Waals surface area contributed by atoms with E-state index in [0.717, 1.165) is 22.4 Å². The molecule has 2 aromatic carbocycles. The van der Waals surface area contributed by atoms with Gasteiger partial charge in [0.15, 0.2) is 6.61 Å². The summed E-state index contributed by atoms with van der Waals surface area (Å²) < 4.78 is 19.1. The number of hydrogen-bond donors (Lipinski definition) is 2. The number of amides is 2. The Labute approximate surface area is 197 Å². The third-order valence-electron chi connectivity index (χ3n) is 6.27. The van der Waals surface area contributed by atoms with Gasteiger partial charge in [0, 0.05) is 32.4 Å². The van der Waals surface area contributed by atoms with Crippen LogP contribution in [0, 0.1) is 0 Å². The second kappa shape index (κ2) is 10.2. The molecule has 2 N–H and O–H groups in total. The minimum absolute atomic E-state index is 0.0579. The first-order valence-corrected chi connectivity index (χ1v) is 11.3. The molecule has 0 aliphatic carbocycles. The molecule has 180 valence electrons. The van der Waals surface area contributed by atoms with Gasteiger partial charge in [0.25, 0.3) is 0 Å². The molecule has 0 radical (unpaired) electrons. The van der Waals surface area contributed by atoms with Gasteiger partial charge in [-0.1, -0.05) is 24.3 Å². The van der Waals surface area contributed by atoms with Crippen molar-refractivity contribution >= 4 is 23.5 Å². The summed E-state index contributed by atoms with van der Waals surface area (Å²) in [6, 6.07) is 12.2. The molecular formula is C25H28FN3O5. The molecule has 2 amide bonds. The highest BCUT2D eigenvalue weighted by atomic mass is 19.1. The summed E-state index contributed by atoms with van der Waals surface area (Å²) in [6.07, 6.45) is 0.0786. The van der Waals surface area contributed by atoms with Crippen molar-refractivity contribution in [2.45, 2.75) is 31.5 Å². The predicted molar refractivity (Wildman–Crippen MR) is 124 cm³/mol. The van der Waals surface area contributed by atoms with E-state index < -0.39 is 18.7 Å². The third-order valence-corrected chi connectivity index (χ3v) is 6.27. The normalized spacial score (nSPS) is 18.3. The molecule has 1 saturated heterocycles. The van der Waals surface area contributed by atoms with Gasteiger partial charge in [-0.2, -0.15) is 0 Å². The number of carboxylic acid groups (broad SMARTS) is 1. The van der Waals surface area contributed by atoms with Crippen LogP contribution in [-0.4, -0.2) is 72.2 Å². The molecule has 2 aromatic rings. The van der Waals surface area contributed by atoms with Crippen LogP contribution in [0.4, 0.5) is 10.1 Å². The Kier molecular flexibility index (Phi) is 7.12. The fraction of sp³-hybridized carbons (Fsp3) is 0.400. The molecule has 1 fully saturated rings. The number of likely N-dealkylation sites (N-methyl/N-ethyl adjacent to an activating group) is 1. The lowest BCUT2D eigenvalue weighted by Gasteiger charge is -2.32. The van der Waals surface area contributed by atoms with Crippen molar-refractivity contribution < 1.29 is 28.6 Å². The molecule has 34 heavy (non-hydrogen) atoms. The summed E-state index contributed by atoms with van der Waals surface area (Å²) in [5.41, 5.74) is 3.23. The summed E-state index contributed by atoms with van der Waals surface area (Å²) in [6.45, 7) is 0.913. The molecule has 0 spiro atoms. The van der Waals surface area contributed by atoms with E-state index >= 15 is 0 Å². The topological polar surface area (TPSA) is 99.2 Å². The maximum Gasteiger partial charge on any atom is 0.341 e. The number of carbonyl (C=O) groups is 3. The number of hydrogen-bond acceptors (Lipinski definition) is 5. The van der Waals surface area contributed by atoms with Crippen LogP contribution >= 0.6 is 0 Å². The first-order valence-electron chi connectivity index (χ1n) is 11.3. The van der Waals surface area contributed by atoms with Crippen LogP contribution in [0.15, 0.2) is 42.5 Å². The zero-order valence-corrected chi connectivity index (χ0v) is 19.0. The van der Waals surface area contributed by atoms with Gasteiger partial charge in [-0.25, -0.2) is 9.18 Å². The van der Waals surface area contributed by atoms with E-state index in [2.05, 4.69) is 5.32 Å². The number of halogens is 1. The van der Waals surface area contributed by atoms with Gasteiger partial charge in [0.05, 0.1) is 18.9 Å². The van der Waals surface area contributed by atoms with Crippen LogP contribution in [0.3, 0.4) is 0 Å². The number of benzene rings is 2. The maximum atomic E-state index is 13.8. The Hall–Kier alpha value is -3.46. The molecule has 2 aliphatic rings. The average molecular weight is 470 g/mol. The van der Waals surface area contributed by atoms with Gasteiger partial charge in [-0.15, -0.1) is 0 Å². The molecule has 9 heteroatoms. The number of anilines is 1. The van der Waals surface area contributed by atoms with Gasteiger partial charge in [-0.05, 0) is 41.3 Å². The van der Waals surface area contributed by atoms with Crippen LogP contribution in [0.5, 0.6) is 5.75 Å². The van der Waals surface area contributed by atoms with Crippen LogP contribution < -0.4 is 10.1 Å². The van der Waals surface area contributed by atoms with E-state index in [1.54, 1.807) is 30.1 Å². The predicted octanol–water partition coefficient (Wildman–Crippen LogP) is 2.43. The van der Waals surface area contributed by atoms with Gasteiger partial charge in [0.1, 0.15) is 11.9 Å². The zero-order chi connectivity index (χ0) is 24.2. The van der Waals surface area contributed by atoms with E-state index in [9.17, 15) is 18.8 Å². The SMILES string of the molecule is CN(C(=O)Cc1ccc2c(c1)NC(=O)C2)[C@H](CN1CC[C@@H](F)C1)c1cccc(OCC(=O)O)c1. The molecule has 4 rings (SSSR count). The number of aliphatic carboxylic acids is 1. The van der Waals surface area contributed by atoms with E-state index in [1.807, 2.05) is 29.2 Å². The lowest BCUT2D eigenvalue weighted by molar-refractivity contribution is -0.139. The van der Waals surface area contributed by atoms with Crippen molar-refractivity contribution in [1.82, 2.24) is 9.80 Å². The van der Waals surface area contributed by atoms with Crippen LogP contribution in [0.2, 0.25) is 0 Å². The number of alkyl halides is 1. The molecule has 2 aliphatic heterocycles. The number of nitrogens with one attached hydrogen (secondary N) is 1. The summed E-state index contributed by atoms with van der Waals surface area (Å²) >= 11 is 0. The fourth-order valence-electron chi connectivity index (χ4n) is 4.45. The molecule has 0 bridgehead atoms. The largest absolute Gasteiger partial charge is 0.482 e. The van der Waals surface area contributed by atoms with Crippen LogP contribution in [0.25, 0.3) is 0 Å². The van der Waals surface area contributed by atoms with Crippen molar-refractivity contribution in [2.75, 3.05) is 38.6 Å². The third kappa shape index (κ3) is 5.72. The Balaban J connectivity index is 1.52. The Morgan fingerprint density at radius 1 is 1.29 bits per heavy atom. The molecule has 0 saturated carbocycles. The standard InChI is InChI=1S/C25H28FN3O5/c1-28(24(31)10-16-5-6-17-12-23(30)27-21(17)9-16)22(14-29-8-7-19(26)13-29)18-3-2-4-20(11-18)34-15-25(32)33/h2-6,9,11,19,22H,7-8,10,12-15H2,1H3,(H,27,30)(H,32,33)/t19-,22-/m1/s1. The van der Waals surface area contributed by atoms with Crippen LogP contribution in [-0.2, 0) is 27.2 Å². The lowest BCUT2D eigenvalue weighted by atomic mass is 10.0. The van der Waals surface area contributed by atoms with E-state index in [4.69, 9.17) is 9.84 Å². The molecular weight excluding hydrogens is 441 g/mol. The number of rotatable bonds is 9. The number of likely N-dealkylation sites (tertiary alicyclic amines) is 1. The molecule has 8 nitrogen and oxygen atoms in total. The highest BCUT2D eigenvalue weighted by molar-refractivity contribution is 5.99. The van der Waals surface area contributed by atoms with Crippen molar-refractivity contribution in [3.05, 3.63) is 59.2 Å². The summed E-state index contributed by atoms with van der Waals surface area (Å²) in [7, 11) is 1.72. The number of ether oxygens (including phenoxy) is 1. The first kappa shape index (κ1) is 23.7. The second-order valence-electron chi connectivity index (χ2n) is 8.81. The van der Waals surface area contributed by atoms with Crippen molar-refractivity contribution in [1.29, 1.82) is 0 Å². The summed E-state index contributed by atoms with van der Waals surface area (Å²) in [5.74, 6) is -0.865. The smallest absolute Gasteiger partial charge is 0.341 e. The number of fused-ring (bicyclic) bond motifs is 1. The molecule has 2 atom stereocenters. The van der Waals surface area contributed by atoms with Crippen molar-refractivity contribution in [3.8, 4) is 5.75 Å². The summed E-state index contributed by atoms with van der Waals surface area (Å²) in [4.78, 5) is 39.4. The van der Waals surface area contributed by atoms with Crippen molar-refractivity contribution in [3.63, 3.8) is 0 Å². The second-order valence-corrected chi connectivity index (χ2v) is 8.81. The average Bonchev–Trinajstić information content (AvgIpc) is 3.39. The quantitative estimate of drug-likeness (QED) is 0.585. The van der Waals surface area contributed by atoms with Crippen LogP contribution in [0.1, 0.15) is 29.2 Å². The molecule has 0 aromatic heterocycles. The minimum Gasteiger partial charge on any atom is -0.482 e. The Morgan fingerprint density at radius 3 is 2.85 bits per heavy atom. The molecule has 2 heterocycles. The van der Waals surface area contributed by atoms with Gasteiger partial charge >= 0.3 is 5.97 Å². The van der Waals surface area contributed by atoms with E-state index in [-0.39, 0.29) is 24.3 Å². The minimum atomic E-state index is -1.08. The van der Waals surface area contributed by atoms with Gasteiger partial charge in [-0.3, -0.25) is 14.5 Å². The van der Waals surface area contributed by atoms with Gasteiger partial charge in [0.2, 0.25) is 11.8 Å². The maximum absolute atomic E-state index is 13.8. The van der Waals surface area contributed by atoms with Crippen molar-refractivity contribution in [2.24, 2.45) is 0 Å². The lowest BCUT2D eigenvalue weighted by Crippen LogP contribution is -2.39. The monoisotopic (exact) mass is 469 g/mol. The Morgan fingerprint density at radius 2 is 2.12 bits per heavy atom. The fourth-order valence-corrected chi connectivity index (χ4v) is 4.45. The van der Waals surface area contributed by atoms with E-state index in [0.29, 0.717) is 38.2 Å². The first-order chi connectivity index (χ1) is 16.3. The molecule has 0 unspecified atom stereocenters.